The summed E-state index contributed by atoms with van der Waals surface area (Å²) in [4.78, 5) is 20.0. The lowest BCUT2D eigenvalue weighted by atomic mass is 10.2. The van der Waals surface area contributed by atoms with Crippen LogP contribution in [-0.2, 0) is 4.79 Å². The van der Waals surface area contributed by atoms with E-state index in [4.69, 9.17) is 10.2 Å². The zero-order valence-corrected chi connectivity index (χ0v) is 5.50. The number of carbonyl (C=O) groups is 2. The van der Waals surface area contributed by atoms with E-state index in [9.17, 15) is 9.59 Å². The molecule has 0 aromatic carbocycles. The number of carboxylic acid groups (broad SMARTS) is 2. The summed E-state index contributed by atoms with van der Waals surface area (Å²) >= 11 is 0. The van der Waals surface area contributed by atoms with Crippen LogP contribution in [-0.4, -0.2) is 28.3 Å². The van der Waals surface area contributed by atoms with E-state index >= 15 is 0 Å². The lowest BCUT2D eigenvalue weighted by Gasteiger charge is -2.07. The van der Waals surface area contributed by atoms with E-state index in [2.05, 4.69) is 0 Å². The molecule has 0 aliphatic rings. The summed E-state index contributed by atoms with van der Waals surface area (Å²) in [5.41, 5.74) is 0. The molecule has 1 atom stereocenters. The van der Waals surface area contributed by atoms with Crippen molar-refractivity contribution in [2.45, 2.75) is 19.4 Å². The van der Waals surface area contributed by atoms with Crippen LogP contribution in [0.3, 0.4) is 0 Å². The van der Waals surface area contributed by atoms with Crippen LogP contribution >= 0.6 is 0 Å². The zero-order chi connectivity index (χ0) is 8.15. The summed E-state index contributed by atoms with van der Waals surface area (Å²) in [6.07, 6.45) is -1.06. The monoisotopic (exact) mass is 147 g/mol. The van der Waals surface area contributed by atoms with E-state index in [1.807, 2.05) is 5.32 Å². The predicted molar refractivity (Wildman–Crippen MR) is 32.9 cm³/mol. The Morgan fingerprint density at radius 3 is 2.10 bits per heavy atom. The van der Waals surface area contributed by atoms with Gasteiger partial charge in [0.25, 0.3) is 0 Å². The number of nitrogens with one attached hydrogen (secondary N) is 1. The molecule has 58 valence electrons. The van der Waals surface area contributed by atoms with Crippen molar-refractivity contribution in [1.29, 1.82) is 0 Å². The fourth-order valence-corrected chi connectivity index (χ4v) is 0.487. The van der Waals surface area contributed by atoms with Crippen molar-refractivity contribution in [3.63, 3.8) is 0 Å². The van der Waals surface area contributed by atoms with E-state index in [0.717, 1.165) is 0 Å². The largest absolute Gasteiger partial charge is 0.480 e. The quantitative estimate of drug-likeness (QED) is 0.529. The zero-order valence-electron chi connectivity index (χ0n) is 5.50. The highest BCUT2D eigenvalue weighted by Crippen LogP contribution is 1.89. The van der Waals surface area contributed by atoms with Crippen molar-refractivity contribution < 1.29 is 19.8 Å². The third kappa shape index (κ3) is 2.91. The molecule has 0 aromatic heterocycles. The van der Waals surface area contributed by atoms with Gasteiger partial charge >= 0.3 is 12.1 Å². The lowest BCUT2D eigenvalue weighted by molar-refractivity contribution is -0.139. The molecular weight excluding hydrogens is 138 g/mol. The molecule has 0 saturated heterocycles. The number of carboxylic acids is 1. The van der Waals surface area contributed by atoms with Gasteiger partial charge in [-0.1, -0.05) is 6.92 Å². The molecular formula is C5H9NO4. The summed E-state index contributed by atoms with van der Waals surface area (Å²) in [5, 5.41) is 18.2. The molecule has 0 radical (unpaired) electrons. The second-order valence-corrected chi connectivity index (χ2v) is 1.75. The fraction of sp³-hybridized carbons (Fsp3) is 0.600. The van der Waals surface area contributed by atoms with Gasteiger partial charge in [-0.15, -0.1) is 0 Å². The molecule has 0 bridgehead atoms. The normalized spacial score (nSPS) is 12.1. The Hall–Kier alpha value is -1.26. The topological polar surface area (TPSA) is 86.6 Å². The average molecular weight is 147 g/mol. The van der Waals surface area contributed by atoms with Crippen LogP contribution < -0.4 is 5.32 Å². The minimum absolute atomic E-state index is 0.252. The predicted octanol–water partition coefficient (Wildman–Crippen LogP) is 0.117. The van der Waals surface area contributed by atoms with Gasteiger partial charge in [0.2, 0.25) is 0 Å². The molecule has 0 saturated carbocycles. The molecule has 0 aromatic rings. The first-order chi connectivity index (χ1) is 4.57. The standard InChI is InChI=1S/C5H9NO4/c1-2-3(4(7)8)6-5(9)10/h3,6H,2H2,1H3,(H,7,8)(H,9,10). The van der Waals surface area contributed by atoms with Crippen molar-refractivity contribution in [2.24, 2.45) is 0 Å². The molecule has 0 aliphatic carbocycles. The van der Waals surface area contributed by atoms with Crippen molar-refractivity contribution in [1.82, 2.24) is 5.32 Å². The average Bonchev–Trinajstić information content (AvgIpc) is 1.81. The Balaban J connectivity index is 3.83. The van der Waals surface area contributed by atoms with Crippen molar-refractivity contribution in [2.75, 3.05) is 0 Å². The Morgan fingerprint density at radius 1 is 1.50 bits per heavy atom. The number of amides is 1. The van der Waals surface area contributed by atoms with Gasteiger partial charge < -0.3 is 15.5 Å². The van der Waals surface area contributed by atoms with Crippen molar-refractivity contribution in [3.05, 3.63) is 0 Å². The Labute approximate surface area is 57.7 Å². The minimum Gasteiger partial charge on any atom is -0.480 e. The smallest absolute Gasteiger partial charge is 0.405 e. The molecule has 1 unspecified atom stereocenters. The highest BCUT2D eigenvalue weighted by molar-refractivity contribution is 5.78. The molecule has 10 heavy (non-hydrogen) atoms. The second kappa shape index (κ2) is 3.71. The van der Waals surface area contributed by atoms with Crippen LogP contribution in [0.4, 0.5) is 4.79 Å². The summed E-state index contributed by atoms with van der Waals surface area (Å²) in [7, 11) is 0. The van der Waals surface area contributed by atoms with Crippen LogP contribution in [0, 0.1) is 0 Å². The minimum atomic E-state index is -1.31. The van der Waals surface area contributed by atoms with E-state index in [1.54, 1.807) is 6.92 Å². The van der Waals surface area contributed by atoms with E-state index in [0.29, 0.717) is 0 Å². The number of rotatable bonds is 3. The summed E-state index contributed by atoms with van der Waals surface area (Å²) in [6.45, 7) is 1.59. The van der Waals surface area contributed by atoms with Gasteiger partial charge in [0.1, 0.15) is 6.04 Å². The second-order valence-electron chi connectivity index (χ2n) is 1.75. The molecule has 0 spiro atoms. The molecule has 0 rings (SSSR count). The Kier molecular flexibility index (Phi) is 3.24. The first-order valence-corrected chi connectivity index (χ1v) is 2.80. The van der Waals surface area contributed by atoms with Gasteiger partial charge in [-0.3, -0.25) is 0 Å². The van der Waals surface area contributed by atoms with Crippen LogP contribution in [0.5, 0.6) is 0 Å². The van der Waals surface area contributed by atoms with Crippen LogP contribution in [0.2, 0.25) is 0 Å². The van der Waals surface area contributed by atoms with Gasteiger partial charge in [-0.2, -0.15) is 0 Å². The number of hydrogen-bond acceptors (Lipinski definition) is 2. The third-order valence-corrected chi connectivity index (χ3v) is 1.00. The van der Waals surface area contributed by atoms with Crippen LogP contribution in [0.1, 0.15) is 13.3 Å². The van der Waals surface area contributed by atoms with Gasteiger partial charge in [-0.05, 0) is 6.42 Å². The maximum Gasteiger partial charge on any atom is 0.405 e. The van der Waals surface area contributed by atoms with Gasteiger partial charge in [0, 0.05) is 0 Å². The van der Waals surface area contributed by atoms with Gasteiger partial charge in [-0.25, -0.2) is 9.59 Å². The lowest BCUT2D eigenvalue weighted by Crippen LogP contribution is -2.39. The SMILES string of the molecule is CCC(NC(=O)O)C(=O)O. The van der Waals surface area contributed by atoms with Crippen molar-refractivity contribution >= 4 is 12.1 Å². The first-order valence-electron chi connectivity index (χ1n) is 2.80. The third-order valence-electron chi connectivity index (χ3n) is 1.00. The molecule has 0 aliphatic heterocycles. The molecule has 5 nitrogen and oxygen atoms in total. The van der Waals surface area contributed by atoms with Crippen molar-refractivity contribution in [3.8, 4) is 0 Å². The molecule has 1 amide bonds. The maximum atomic E-state index is 10.1. The summed E-state index contributed by atoms with van der Waals surface area (Å²) in [6, 6.07) is -0.988. The first kappa shape index (κ1) is 8.74. The molecule has 3 N–H and O–H groups in total. The molecule has 0 heterocycles. The Bertz CT molecular complexity index is 145. The van der Waals surface area contributed by atoms with Gasteiger partial charge in [0.15, 0.2) is 0 Å². The van der Waals surface area contributed by atoms with Crippen LogP contribution in [0.25, 0.3) is 0 Å². The Morgan fingerprint density at radius 2 is 2.00 bits per heavy atom. The summed E-state index contributed by atoms with van der Waals surface area (Å²) < 4.78 is 0. The number of aliphatic carboxylic acids is 1. The molecule has 0 fully saturated rings. The number of hydrogen-bond donors (Lipinski definition) is 3. The molecule has 5 heteroatoms. The van der Waals surface area contributed by atoms with E-state index in [1.165, 1.54) is 0 Å². The van der Waals surface area contributed by atoms with Crippen LogP contribution in [0.15, 0.2) is 0 Å². The maximum absolute atomic E-state index is 10.1. The highest BCUT2D eigenvalue weighted by Gasteiger charge is 2.15. The van der Waals surface area contributed by atoms with Gasteiger partial charge in [0.05, 0.1) is 0 Å². The van der Waals surface area contributed by atoms with E-state index < -0.39 is 18.1 Å². The fourth-order valence-electron chi connectivity index (χ4n) is 0.487. The summed E-state index contributed by atoms with van der Waals surface area (Å²) in [5.74, 6) is -1.15. The van der Waals surface area contributed by atoms with E-state index in [-0.39, 0.29) is 6.42 Å². The highest BCUT2D eigenvalue weighted by atomic mass is 16.4.